The molecule has 0 fully saturated rings. The minimum atomic E-state index is 0.0693. The van der Waals surface area contributed by atoms with Gasteiger partial charge in [0, 0.05) is 45.4 Å². The van der Waals surface area contributed by atoms with Crippen LogP contribution in [0.3, 0.4) is 0 Å². The van der Waals surface area contributed by atoms with E-state index in [1.54, 1.807) is 0 Å². The molecule has 0 radical (unpaired) electrons. The Morgan fingerprint density at radius 3 is 1.24 bits per heavy atom. The number of carbonyl (C=O) groups is 3. The van der Waals surface area contributed by atoms with Crippen LogP contribution in [0.25, 0.3) is 0 Å². The fourth-order valence-electron chi connectivity index (χ4n) is 4.01. The fraction of sp³-hybridized carbons (Fsp3) is 0.893. The van der Waals surface area contributed by atoms with E-state index in [2.05, 4.69) is 31.4 Å². The van der Waals surface area contributed by atoms with Gasteiger partial charge in [-0.15, -0.1) is 0 Å². The van der Waals surface area contributed by atoms with Gasteiger partial charge in [-0.05, 0) is 19.3 Å². The molecule has 3 amide bonds. The molecule has 0 saturated carbocycles. The summed E-state index contributed by atoms with van der Waals surface area (Å²) in [7, 11) is 0. The number of hydrogen-bond acceptors (Lipinski definition) is 3. The van der Waals surface area contributed by atoms with Gasteiger partial charge < -0.3 is 15.5 Å². The minimum Gasteiger partial charge on any atom is -0.354 e. The van der Waals surface area contributed by atoms with Crippen molar-refractivity contribution in [1.29, 1.82) is 0 Å². The van der Waals surface area contributed by atoms with Crippen molar-refractivity contribution in [3.8, 4) is 0 Å². The molecule has 0 atom stereocenters. The smallest absolute Gasteiger partial charge is 0.222 e. The van der Waals surface area contributed by atoms with E-state index in [0.29, 0.717) is 45.4 Å². The van der Waals surface area contributed by atoms with Crippen LogP contribution in [-0.4, -0.2) is 48.8 Å². The molecule has 0 rings (SSSR count). The number of rotatable bonds is 24. The first-order valence-corrected chi connectivity index (χ1v) is 14.4. The molecule has 6 nitrogen and oxygen atoms in total. The quantitative estimate of drug-likeness (QED) is 0.163. The lowest BCUT2D eigenvalue weighted by atomic mass is 10.1. The van der Waals surface area contributed by atoms with Crippen LogP contribution in [0.2, 0.25) is 0 Å². The number of carbonyl (C=O) groups excluding carboxylic acids is 3. The maximum Gasteiger partial charge on any atom is 0.222 e. The van der Waals surface area contributed by atoms with E-state index in [-0.39, 0.29) is 17.7 Å². The lowest BCUT2D eigenvalue weighted by Crippen LogP contribution is -2.42. The van der Waals surface area contributed by atoms with E-state index >= 15 is 0 Å². The van der Waals surface area contributed by atoms with Crippen LogP contribution in [0.4, 0.5) is 0 Å². The zero-order valence-electron chi connectivity index (χ0n) is 22.7. The van der Waals surface area contributed by atoms with Crippen molar-refractivity contribution in [1.82, 2.24) is 15.5 Å². The molecule has 34 heavy (non-hydrogen) atoms. The Bertz CT molecular complexity index is 479. The molecular formula is C28H55N3O3. The third kappa shape index (κ3) is 21.0. The van der Waals surface area contributed by atoms with Gasteiger partial charge in [0.15, 0.2) is 0 Å². The van der Waals surface area contributed by atoms with E-state index < -0.39 is 0 Å². The normalized spacial score (nSPS) is 10.8. The van der Waals surface area contributed by atoms with E-state index in [0.717, 1.165) is 38.5 Å². The summed E-state index contributed by atoms with van der Waals surface area (Å²) in [5, 5.41) is 5.93. The summed E-state index contributed by atoms with van der Waals surface area (Å²) in [6, 6.07) is 0. The van der Waals surface area contributed by atoms with Crippen LogP contribution in [0.15, 0.2) is 0 Å². The molecule has 0 heterocycles. The van der Waals surface area contributed by atoms with Gasteiger partial charge in [-0.3, -0.25) is 14.4 Å². The maximum absolute atomic E-state index is 12.8. The zero-order chi connectivity index (χ0) is 25.3. The molecule has 0 aromatic carbocycles. The molecule has 0 aromatic rings. The van der Waals surface area contributed by atoms with Gasteiger partial charge in [-0.2, -0.15) is 0 Å². The monoisotopic (exact) mass is 481 g/mol. The molecule has 0 unspecified atom stereocenters. The summed E-state index contributed by atoms with van der Waals surface area (Å²) in [5.74, 6) is 0.263. The van der Waals surface area contributed by atoms with Crippen molar-refractivity contribution in [3.63, 3.8) is 0 Å². The molecule has 6 heteroatoms. The van der Waals surface area contributed by atoms with Crippen LogP contribution in [-0.2, 0) is 14.4 Å². The number of nitrogens with one attached hydrogen (secondary N) is 2. The van der Waals surface area contributed by atoms with Gasteiger partial charge in [0.1, 0.15) is 0 Å². The lowest BCUT2D eigenvalue weighted by Gasteiger charge is -2.23. The summed E-state index contributed by atoms with van der Waals surface area (Å²) in [6.07, 6.45) is 18.5. The van der Waals surface area contributed by atoms with E-state index in [9.17, 15) is 14.4 Å². The molecule has 2 N–H and O–H groups in total. The highest BCUT2D eigenvalue weighted by molar-refractivity contribution is 5.78. The van der Waals surface area contributed by atoms with Crippen LogP contribution < -0.4 is 10.6 Å². The predicted molar refractivity (Wildman–Crippen MR) is 143 cm³/mol. The van der Waals surface area contributed by atoms with Crippen molar-refractivity contribution in [2.75, 3.05) is 26.2 Å². The van der Waals surface area contributed by atoms with E-state index in [1.807, 2.05) is 4.90 Å². The number of amides is 3. The van der Waals surface area contributed by atoms with Gasteiger partial charge in [0.25, 0.3) is 0 Å². The van der Waals surface area contributed by atoms with Crippen molar-refractivity contribution >= 4 is 17.7 Å². The Kier molecular flexibility index (Phi) is 23.4. The molecule has 0 saturated heterocycles. The zero-order valence-corrected chi connectivity index (χ0v) is 22.7. The van der Waals surface area contributed by atoms with Gasteiger partial charge in [0.2, 0.25) is 17.7 Å². The van der Waals surface area contributed by atoms with Gasteiger partial charge in [0.05, 0.1) is 0 Å². The lowest BCUT2D eigenvalue weighted by molar-refractivity contribution is -0.132. The molecule has 0 bridgehead atoms. The van der Waals surface area contributed by atoms with Crippen molar-refractivity contribution in [2.24, 2.45) is 0 Å². The third-order valence-corrected chi connectivity index (χ3v) is 6.27. The van der Waals surface area contributed by atoms with Crippen molar-refractivity contribution < 1.29 is 14.4 Å². The molecule has 0 aliphatic heterocycles. The predicted octanol–water partition coefficient (Wildman–Crippen LogP) is 6.13. The molecule has 0 aliphatic rings. The van der Waals surface area contributed by atoms with Gasteiger partial charge in [-0.25, -0.2) is 0 Å². The minimum absolute atomic E-state index is 0.0693. The summed E-state index contributed by atoms with van der Waals surface area (Å²) < 4.78 is 0. The number of unbranched alkanes of at least 4 members (excludes halogenated alkanes) is 12. The first-order valence-electron chi connectivity index (χ1n) is 14.4. The van der Waals surface area contributed by atoms with Gasteiger partial charge in [-0.1, -0.05) is 97.8 Å². The van der Waals surface area contributed by atoms with E-state index in [4.69, 9.17) is 0 Å². The van der Waals surface area contributed by atoms with Crippen molar-refractivity contribution in [3.05, 3.63) is 0 Å². The second-order valence-electron chi connectivity index (χ2n) is 9.57. The van der Waals surface area contributed by atoms with Crippen LogP contribution in [0.1, 0.15) is 136 Å². The second kappa shape index (κ2) is 24.5. The average Bonchev–Trinajstić information content (AvgIpc) is 2.82. The SMILES string of the molecule is CCCCCCCC(=O)NCCN(CCNC(=O)CCCCCCC)C(=O)CCCCCCC. The maximum atomic E-state index is 12.8. The highest BCUT2D eigenvalue weighted by Crippen LogP contribution is 2.08. The molecular weight excluding hydrogens is 426 g/mol. The summed E-state index contributed by atoms with van der Waals surface area (Å²) >= 11 is 0. The molecule has 200 valence electrons. The molecule has 0 aromatic heterocycles. The highest BCUT2D eigenvalue weighted by atomic mass is 16.2. The summed E-state index contributed by atoms with van der Waals surface area (Å²) in [6.45, 7) is 8.51. The Hall–Kier alpha value is -1.59. The van der Waals surface area contributed by atoms with Crippen LogP contribution in [0, 0.1) is 0 Å². The second-order valence-corrected chi connectivity index (χ2v) is 9.57. The van der Waals surface area contributed by atoms with E-state index in [1.165, 1.54) is 57.8 Å². The first-order chi connectivity index (χ1) is 16.5. The van der Waals surface area contributed by atoms with Crippen molar-refractivity contribution in [2.45, 2.75) is 136 Å². The van der Waals surface area contributed by atoms with Gasteiger partial charge >= 0.3 is 0 Å². The molecule has 0 spiro atoms. The topological polar surface area (TPSA) is 78.5 Å². The van der Waals surface area contributed by atoms with Crippen LogP contribution in [0.5, 0.6) is 0 Å². The molecule has 0 aliphatic carbocycles. The Morgan fingerprint density at radius 1 is 0.500 bits per heavy atom. The highest BCUT2D eigenvalue weighted by Gasteiger charge is 2.14. The average molecular weight is 482 g/mol. The Balaban J connectivity index is 4.31. The largest absolute Gasteiger partial charge is 0.354 e. The Labute approximate surface area is 210 Å². The summed E-state index contributed by atoms with van der Waals surface area (Å²) in [4.78, 5) is 38.8. The Morgan fingerprint density at radius 2 is 0.853 bits per heavy atom. The first kappa shape index (κ1) is 32.4. The number of hydrogen-bond donors (Lipinski definition) is 2. The number of nitrogens with zero attached hydrogens (tertiary/aromatic N) is 1. The fourth-order valence-corrected chi connectivity index (χ4v) is 4.01. The standard InChI is InChI=1S/C28H55N3O3/c1-4-7-10-13-16-19-26(32)29-22-24-31(28(34)21-18-15-12-9-6-3)25-23-30-27(33)20-17-14-11-8-5-2/h4-25H2,1-3H3,(H,29,32)(H,30,33). The third-order valence-electron chi connectivity index (χ3n) is 6.27. The summed E-state index contributed by atoms with van der Waals surface area (Å²) in [5.41, 5.74) is 0. The van der Waals surface area contributed by atoms with Crippen LogP contribution >= 0.6 is 0 Å².